The summed E-state index contributed by atoms with van der Waals surface area (Å²) in [5, 5.41) is 12.0. The van der Waals surface area contributed by atoms with Crippen molar-refractivity contribution in [2.45, 2.75) is 25.8 Å². The number of aliphatic hydroxyl groups is 1. The summed E-state index contributed by atoms with van der Waals surface area (Å²) in [6.07, 6.45) is 1.77. The first-order chi connectivity index (χ1) is 9.76. The topological polar surface area (TPSA) is 61.8 Å². The molecule has 1 aliphatic heterocycles. The maximum atomic E-state index is 12.2. The summed E-state index contributed by atoms with van der Waals surface area (Å²) in [6, 6.07) is 7.65. The molecule has 2 amide bonds. The fourth-order valence-corrected chi connectivity index (χ4v) is 2.44. The van der Waals surface area contributed by atoms with Crippen molar-refractivity contribution in [2.75, 3.05) is 26.3 Å². The van der Waals surface area contributed by atoms with Crippen LogP contribution in [0.25, 0.3) is 0 Å². The average molecular weight is 278 g/mol. The largest absolute Gasteiger partial charge is 0.493 e. The lowest BCUT2D eigenvalue weighted by Gasteiger charge is -2.25. The lowest BCUT2D eigenvalue weighted by atomic mass is 10.0. The Bertz CT molecular complexity index is 450. The van der Waals surface area contributed by atoms with Gasteiger partial charge in [0.1, 0.15) is 5.75 Å². The van der Waals surface area contributed by atoms with Gasteiger partial charge in [0.05, 0.1) is 19.3 Å². The molecule has 1 aliphatic rings. The van der Waals surface area contributed by atoms with Gasteiger partial charge in [-0.05, 0) is 25.8 Å². The highest BCUT2D eigenvalue weighted by atomic mass is 16.5. The van der Waals surface area contributed by atoms with Gasteiger partial charge in [0.15, 0.2) is 0 Å². The second kappa shape index (κ2) is 7.14. The predicted octanol–water partition coefficient (Wildman–Crippen LogP) is 1.92. The van der Waals surface area contributed by atoms with Gasteiger partial charge >= 0.3 is 6.03 Å². The van der Waals surface area contributed by atoms with E-state index in [2.05, 4.69) is 5.32 Å². The van der Waals surface area contributed by atoms with Crippen molar-refractivity contribution in [2.24, 2.45) is 0 Å². The highest BCUT2D eigenvalue weighted by Gasteiger charge is 2.22. The first kappa shape index (κ1) is 14.7. The second-order valence-corrected chi connectivity index (χ2v) is 4.83. The minimum absolute atomic E-state index is 0.0222. The number of urea groups is 1. The van der Waals surface area contributed by atoms with Gasteiger partial charge < -0.3 is 20.1 Å². The highest BCUT2D eigenvalue weighted by Crippen LogP contribution is 2.31. The van der Waals surface area contributed by atoms with Gasteiger partial charge in [-0.1, -0.05) is 18.2 Å². The molecule has 1 unspecified atom stereocenters. The molecule has 5 nitrogen and oxygen atoms in total. The van der Waals surface area contributed by atoms with Crippen LogP contribution in [0.15, 0.2) is 24.3 Å². The molecule has 0 spiro atoms. The van der Waals surface area contributed by atoms with Crippen LogP contribution >= 0.6 is 0 Å². The van der Waals surface area contributed by atoms with Crippen molar-refractivity contribution in [1.29, 1.82) is 0 Å². The average Bonchev–Trinajstić information content (AvgIpc) is 2.67. The Hall–Kier alpha value is -1.75. The number of hydrogen-bond acceptors (Lipinski definition) is 3. The number of para-hydroxylation sites is 1. The molecule has 0 saturated heterocycles. The third-order valence-corrected chi connectivity index (χ3v) is 3.53. The summed E-state index contributed by atoms with van der Waals surface area (Å²) >= 11 is 0. The smallest absolute Gasteiger partial charge is 0.317 e. The van der Waals surface area contributed by atoms with Crippen molar-refractivity contribution in [3.63, 3.8) is 0 Å². The molecule has 5 heteroatoms. The zero-order valence-corrected chi connectivity index (χ0v) is 11.8. The molecule has 0 bridgehead atoms. The SMILES string of the molecule is CCN(CCO)C(=O)NC1CCCOc2ccccc21. The molecule has 2 N–H and O–H groups in total. The molecule has 0 aromatic heterocycles. The van der Waals surface area contributed by atoms with E-state index < -0.39 is 0 Å². The molecule has 0 radical (unpaired) electrons. The number of hydrogen-bond donors (Lipinski definition) is 2. The molecule has 1 heterocycles. The van der Waals surface area contributed by atoms with Crippen LogP contribution in [0.4, 0.5) is 4.79 Å². The minimum Gasteiger partial charge on any atom is -0.493 e. The van der Waals surface area contributed by atoms with Crippen molar-refractivity contribution in [3.05, 3.63) is 29.8 Å². The molecular formula is C15H22N2O3. The summed E-state index contributed by atoms with van der Waals surface area (Å²) in [6.45, 7) is 3.49. The number of carbonyl (C=O) groups excluding carboxylic acids is 1. The molecule has 110 valence electrons. The molecule has 1 atom stereocenters. The van der Waals surface area contributed by atoms with Gasteiger partial charge in [-0.25, -0.2) is 4.79 Å². The molecular weight excluding hydrogens is 256 g/mol. The van der Waals surface area contributed by atoms with Crippen LogP contribution in [-0.2, 0) is 0 Å². The van der Waals surface area contributed by atoms with Crippen LogP contribution < -0.4 is 10.1 Å². The van der Waals surface area contributed by atoms with Gasteiger partial charge in [0.2, 0.25) is 0 Å². The predicted molar refractivity (Wildman–Crippen MR) is 76.8 cm³/mol. The number of nitrogens with one attached hydrogen (secondary N) is 1. The van der Waals surface area contributed by atoms with Gasteiger partial charge in [0.25, 0.3) is 0 Å². The van der Waals surface area contributed by atoms with E-state index in [0.29, 0.717) is 19.7 Å². The van der Waals surface area contributed by atoms with Crippen LogP contribution in [0.5, 0.6) is 5.75 Å². The number of nitrogens with zero attached hydrogens (tertiary/aromatic N) is 1. The third kappa shape index (κ3) is 3.42. The summed E-state index contributed by atoms with van der Waals surface area (Å²) in [5.41, 5.74) is 1.03. The number of carbonyl (C=O) groups is 1. The van der Waals surface area contributed by atoms with Crippen LogP contribution in [0.2, 0.25) is 0 Å². The van der Waals surface area contributed by atoms with E-state index in [0.717, 1.165) is 24.2 Å². The standard InChI is InChI=1S/C15H22N2O3/c1-2-17(9-10-18)15(19)16-13-7-5-11-20-14-8-4-3-6-12(13)14/h3-4,6,8,13,18H,2,5,7,9-11H2,1H3,(H,16,19). The van der Waals surface area contributed by atoms with E-state index in [1.165, 1.54) is 0 Å². The van der Waals surface area contributed by atoms with Crippen LogP contribution in [-0.4, -0.2) is 42.3 Å². The maximum Gasteiger partial charge on any atom is 0.317 e. The van der Waals surface area contributed by atoms with E-state index in [9.17, 15) is 4.79 Å². The Balaban J connectivity index is 2.10. The van der Waals surface area contributed by atoms with Crippen molar-refractivity contribution < 1.29 is 14.6 Å². The van der Waals surface area contributed by atoms with E-state index in [4.69, 9.17) is 9.84 Å². The van der Waals surface area contributed by atoms with Crippen LogP contribution in [0, 0.1) is 0 Å². The summed E-state index contributed by atoms with van der Waals surface area (Å²) in [7, 11) is 0. The Morgan fingerprint density at radius 2 is 2.30 bits per heavy atom. The first-order valence-electron chi connectivity index (χ1n) is 7.14. The van der Waals surface area contributed by atoms with E-state index in [1.54, 1.807) is 4.90 Å². The number of amides is 2. The molecule has 0 saturated carbocycles. The molecule has 1 aromatic carbocycles. The molecule has 0 fully saturated rings. The van der Waals surface area contributed by atoms with Gasteiger partial charge in [-0.2, -0.15) is 0 Å². The summed E-state index contributed by atoms with van der Waals surface area (Å²) in [5.74, 6) is 0.848. The van der Waals surface area contributed by atoms with E-state index >= 15 is 0 Å². The van der Waals surface area contributed by atoms with E-state index in [-0.39, 0.29) is 18.7 Å². The lowest BCUT2D eigenvalue weighted by Crippen LogP contribution is -2.42. The minimum atomic E-state index is -0.136. The number of likely N-dealkylation sites (N-methyl/N-ethyl adjacent to an activating group) is 1. The van der Waals surface area contributed by atoms with Crippen molar-refractivity contribution in [3.8, 4) is 5.75 Å². The first-order valence-corrected chi connectivity index (χ1v) is 7.14. The second-order valence-electron chi connectivity index (χ2n) is 4.83. The Labute approximate surface area is 119 Å². The van der Waals surface area contributed by atoms with Crippen molar-refractivity contribution in [1.82, 2.24) is 10.2 Å². The quantitative estimate of drug-likeness (QED) is 0.884. The maximum absolute atomic E-state index is 12.2. The molecule has 20 heavy (non-hydrogen) atoms. The molecule has 0 aliphatic carbocycles. The third-order valence-electron chi connectivity index (χ3n) is 3.53. The fourth-order valence-electron chi connectivity index (χ4n) is 2.44. The zero-order valence-electron chi connectivity index (χ0n) is 11.8. The molecule has 1 aromatic rings. The van der Waals surface area contributed by atoms with Gasteiger partial charge in [-0.15, -0.1) is 0 Å². The molecule has 2 rings (SSSR count). The number of rotatable bonds is 4. The Kier molecular flexibility index (Phi) is 5.24. The Morgan fingerprint density at radius 3 is 3.05 bits per heavy atom. The fraction of sp³-hybridized carbons (Fsp3) is 0.533. The normalized spacial score (nSPS) is 17.6. The van der Waals surface area contributed by atoms with Crippen LogP contribution in [0.3, 0.4) is 0 Å². The summed E-state index contributed by atoms with van der Waals surface area (Å²) < 4.78 is 5.69. The number of benzene rings is 1. The number of fused-ring (bicyclic) bond motifs is 1. The highest BCUT2D eigenvalue weighted by molar-refractivity contribution is 5.74. The monoisotopic (exact) mass is 278 g/mol. The summed E-state index contributed by atoms with van der Waals surface area (Å²) in [4.78, 5) is 13.8. The lowest BCUT2D eigenvalue weighted by molar-refractivity contribution is 0.176. The van der Waals surface area contributed by atoms with Crippen LogP contribution in [0.1, 0.15) is 31.4 Å². The number of ether oxygens (including phenoxy) is 1. The van der Waals surface area contributed by atoms with Gasteiger partial charge in [-0.3, -0.25) is 0 Å². The van der Waals surface area contributed by atoms with E-state index in [1.807, 2.05) is 31.2 Å². The van der Waals surface area contributed by atoms with Gasteiger partial charge in [0, 0.05) is 18.7 Å². The Morgan fingerprint density at radius 1 is 1.50 bits per heavy atom. The van der Waals surface area contributed by atoms with Crippen molar-refractivity contribution >= 4 is 6.03 Å². The number of aliphatic hydroxyl groups excluding tert-OH is 1. The zero-order chi connectivity index (χ0) is 14.4.